The molecule has 0 spiro atoms. The summed E-state index contributed by atoms with van der Waals surface area (Å²) in [6, 6.07) is 105. The Morgan fingerprint density at radius 3 is 1.42 bits per heavy atom. The van der Waals surface area contributed by atoms with Crippen molar-refractivity contribution >= 4 is 88.9 Å². The predicted molar refractivity (Wildman–Crippen MR) is 447 cm³/mol. The van der Waals surface area contributed by atoms with E-state index in [1.54, 1.807) is 0 Å². The Balaban J connectivity index is 0.973. The molecule has 0 unspecified atom stereocenters. The summed E-state index contributed by atoms with van der Waals surface area (Å²) in [6.07, 6.45) is 0. The lowest BCUT2D eigenvalue weighted by Gasteiger charge is -2.27. The lowest BCUT2D eigenvalue weighted by atomic mass is 9.78. The van der Waals surface area contributed by atoms with Gasteiger partial charge in [0, 0.05) is 38.5 Å². The van der Waals surface area contributed by atoms with Gasteiger partial charge in [0.05, 0.1) is 61.4 Å². The quantitative estimate of drug-likeness (QED) is 0.122. The highest BCUT2D eigenvalue weighted by Gasteiger charge is 2.42. The van der Waals surface area contributed by atoms with Crippen LogP contribution in [0.4, 0.5) is 22.7 Å². The summed E-state index contributed by atoms with van der Waals surface area (Å²) in [5.41, 5.74) is 31.7. The zero-order chi connectivity index (χ0) is 72.6. The molecule has 8 heteroatoms. The number of nitriles is 1. The van der Waals surface area contributed by atoms with Gasteiger partial charge in [-0.15, -0.1) is 11.4 Å². The molecule has 0 fully saturated rings. The van der Waals surface area contributed by atoms with E-state index in [0.29, 0.717) is 5.56 Å². The largest absolute Gasteiger partial charge is 0.307 e. The molecule has 106 heavy (non-hydrogen) atoms. The van der Waals surface area contributed by atoms with Crippen LogP contribution in [0.1, 0.15) is 134 Å². The SMILES string of the molecule is CC(C)(C)c1ccc2c(c1)-c1cc(C(C)(C)C)ccc1C2c1c(-c2ccc3c(c2)n2c4cc(-c5ccccc5)ccc4nc2n3-c2ccccc2)cc(-c2ccc3c(c2)N2C(=[SH]c4ccc(-c5ccccc5)cc42)N3c2ccccc2)c(-n2c3ccc(C(C)(C)C)cc3c3cc(C(C)(C)C)ccc32)c1C#N. The number of anilines is 4. The Kier molecular flexibility index (Phi) is 14.5. The number of benzene rings is 13. The maximum absolute atomic E-state index is 13.4. The van der Waals surface area contributed by atoms with E-state index < -0.39 is 0 Å². The van der Waals surface area contributed by atoms with Crippen LogP contribution in [0.15, 0.2) is 278 Å². The first-order valence-corrected chi connectivity index (χ1v) is 38.1. The van der Waals surface area contributed by atoms with Gasteiger partial charge >= 0.3 is 0 Å². The van der Waals surface area contributed by atoms with E-state index in [4.69, 9.17) is 4.98 Å². The summed E-state index contributed by atoms with van der Waals surface area (Å²) in [5.74, 6) is 0.449. The van der Waals surface area contributed by atoms with Gasteiger partial charge in [-0.05, 0) is 214 Å². The second kappa shape index (κ2) is 23.6. The molecule has 2 aliphatic heterocycles. The summed E-state index contributed by atoms with van der Waals surface area (Å²) in [4.78, 5) is 11.7. The van der Waals surface area contributed by atoms with Crippen molar-refractivity contribution < 1.29 is 0 Å². The Morgan fingerprint density at radius 1 is 0.358 bits per heavy atom. The Hall–Kier alpha value is -11.8. The van der Waals surface area contributed by atoms with Crippen molar-refractivity contribution in [2.45, 2.75) is 116 Å². The first kappa shape index (κ1) is 65.0. The molecule has 0 atom stereocenters. The van der Waals surface area contributed by atoms with Gasteiger partial charge in [0.15, 0.2) is 5.11 Å². The third-order valence-corrected chi connectivity index (χ3v) is 23.9. The van der Waals surface area contributed by atoms with Crippen molar-refractivity contribution in [3.8, 4) is 73.1 Å². The van der Waals surface area contributed by atoms with E-state index in [2.05, 4.69) is 385 Å². The minimum absolute atomic E-state index is 0.132. The highest BCUT2D eigenvalue weighted by Crippen LogP contribution is 2.58. The standard InChI is InChI=1S/C98H83N7S/c1-95(2,3)65-37-41-71-75(53-65)76-54-66(96(4,5)6)38-42-72(76)90(71)91-73(63-34-44-83-86(51-63)104-85-49-61(59-25-17-13-18-26-59)33-43-80(85)100-93(104)101(83)69-29-21-15-22-30-69)57-74(92(79(91)58-99)103-81-46-39-67(97(7,8)9)55-77(81)78-56-68(98(10,11)12)40-47-82(78)103)64-35-45-84-87(52-64)105-88-50-62(60-27-19-14-20-28-60)36-48-89(88)106-94(105)102(84)70-31-23-16-24-32-70/h13-57,90,106H,1-12H3. The highest BCUT2D eigenvalue weighted by atomic mass is 32.1. The van der Waals surface area contributed by atoms with Gasteiger partial charge in [-0.2, -0.15) is 5.26 Å². The lowest BCUT2D eigenvalue weighted by molar-refractivity contribution is 0.589. The van der Waals surface area contributed by atoms with Crippen LogP contribution in [-0.2, 0) is 21.7 Å². The fraction of sp³-hybridized carbons (Fsp3) is 0.173. The van der Waals surface area contributed by atoms with Crippen LogP contribution in [0.25, 0.3) is 117 Å². The van der Waals surface area contributed by atoms with Crippen LogP contribution in [0.2, 0.25) is 0 Å². The smallest absolute Gasteiger partial charge is 0.220 e. The van der Waals surface area contributed by atoms with E-state index in [1.165, 1.54) is 55.0 Å². The Labute approximate surface area is 624 Å². The maximum Gasteiger partial charge on any atom is 0.220 e. The summed E-state index contributed by atoms with van der Waals surface area (Å²) >= 11 is 1.10. The first-order chi connectivity index (χ1) is 51.0. The second-order valence-corrected chi connectivity index (χ2v) is 34.5. The first-order valence-electron chi connectivity index (χ1n) is 37.2. The number of hydrogen-bond acceptors (Lipinski definition) is 4. The molecule has 13 aromatic carbocycles. The minimum Gasteiger partial charge on any atom is -0.307 e. The number of fused-ring (bicyclic) bond motifs is 16. The predicted octanol–water partition coefficient (Wildman–Crippen LogP) is 25.6. The van der Waals surface area contributed by atoms with Gasteiger partial charge in [0.1, 0.15) is 6.07 Å². The number of imidazole rings is 2. The van der Waals surface area contributed by atoms with E-state index >= 15 is 0 Å². The molecule has 7 nitrogen and oxygen atoms in total. The maximum atomic E-state index is 13.4. The molecule has 1 aliphatic carbocycles. The molecule has 0 amide bonds. The van der Waals surface area contributed by atoms with Gasteiger partial charge in [-0.3, -0.25) is 18.8 Å². The summed E-state index contributed by atoms with van der Waals surface area (Å²) in [5, 5.41) is 16.8. The molecular formula is C98H83N7S. The van der Waals surface area contributed by atoms with E-state index in [1.807, 2.05) is 0 Å². The van der Waals surface area contributed by atoms with Gasteiger partial charge < -0.3 is 4.57 Å². The van der Waals surface area contributed by atoms with Crippen molar-refractivity contribution in [2.24, 2.45) is 0 Å². The molecule has 0 saturated heterocycles. The third kappa shape index (κ3) is 10.2. The van der Waals surface area contributed by atoms with Crippen molar-refractivity contribution in [2.75, 3.05) is 9.80 Å². The molecule has 0 N–H and O–H groups in total. The van der Waals surface area contributed by atoms with Gasteiger partial charge in [-0.1, -0.05) is 253 Å². The third-order valence-electron chi connectivity index (χ3n) is 22.7. The highest BCUT2D eigenvalue weighted by molar-refractivity contribution is 7.99. The number of para-hydroxylation sites is 2. The van der Waals surface area contributed by atoms with Crippen LogP contribution in [0.3, 0.4) is 0 Å². The zero-order valence-electron chi connectivity index (χ0n) is 62.1. The van der Waals surface area contributed by atoms with Gasteiger partial charge in [0.25, 0.3) is 0 Å². The lowest BCUT2D eigenvalue weighted by Crippen LogP contribution is -2.29. The fourth-order valence-electron chi connectivity index (χ4n) is 17.0. The van der Waals surface area contributed by atoms with Gasteiger partial charge in [-0.25, -0.2) is 4.98 Å². The molecule has 3 aromatic heterocycles. The van der Waals surface area contributed by atoms with Crippen LogP contribution in [-0.4, -0.2) is 23.6 Å². The molecule has 5 heterocycles. The molecule has 16 aromatic rings. The fourth-order valence-corrected chi connectivity index (χ4v) is 18.3. The summed E-state index contributed by atoms with van der Waals surface area (Å²) < 4.78 is 7.17. The van der Waals surface area contributed by atoms with Crippen molar-refractivity contribution in [1.29, 1.82) is 5.26 Å². The van der Waals surface area contributed by atoms with Crippen LogP contribution in [0, 0.1) is 11.3 Å². The van der Waals surface area contributed by atoms with E-state index in [9.17, 15) is 5.26 Å². The molecule has 0 bridgehead atoms. The Morgan fingerprint density at radius 2 is 0.840 bits per heavy atom. The average Bonchev–Trinajstić information content (AvgIpc) is 1.56. The number of aromatic nitrogens is 4. The molecular weight excluding hydrogens is 1310 g/mol. The average molecular weight is 1390 g/mol. The van der Waals surface area contributed by atoms with Crippen molar-refractivity contribution in [1.82, 2.24) is 18.5 Å². The van der Waals surface area contributed by atoms with Crippen molar-refractivity contribution in [3.63, 3.8) is 0 Å². The number of thiol groups is 1. The van der Waals surface area contributed by atoms with E-state index in [-0.39, 0.29) is 27.6 Å². The molecule has 0 saturated carbocycles. The summed E-state index contributed by atoms with van der Waals surface area (Å²) in [7, 11) is 0. The summed E-state index contributed by atoms with van der Waals surface area (Å²) in [6.45, 7) is 27.7. The topological polar surface area (TPSA) is 57.4 Å². The molecule has 3 aliphatic rings. The number of rotatable bonds is 8. The normalized spacial score (nSPS) is 13.7. The number of hydrogen-bond donors (Lipinski definition) is 1. The second-order valence-electron chi connectivity index (χ2n) is 33.4. The minimum atomic E-state index is -0.374. The number of nitrogens with zero attached hydrogens (tertiary/aromatic N) is 7. The van der Waals surface area contributed by atoms with Crippen molar-refractivity contribution in [3.05, 3.63) is 317 Å². The zero-order valence-corrected chi connectivity index (χ0v) is 63.0. The molecule has 516 valence electrons. The Bertz CT molecular complexity index is 6300. The monoisotopic (exact) mass is 1390 g/mol. The molecule has 0 radical (unpaired) electrons. The van der Waals surface area contributed by atoms with Crippen LogP contribution in [0.5, 0.6) is 0 Å². The molecule has 19 rings (SSSR count). The van der Waals surface area contributed by atoms with Crippen LogP contribution < -0.4 is 9.80 Å². The van der Waals surface area contributed by atoms with Crippen LogP contribution >= 0.6 is 11.4 Å². The van der Waals surface area contributed by atoms with Gasteiger partial charge in [0.2, 0.25) is 5.78 Å². The van der Waals surface area contributed by atoms with E-state index in [0.717, 1.165) is 145 Å².